The van der Waals surface area contributed by atoms with Gasteiger partial charge in [0, 0.05) is 11.3 Å². The molecule has 1 atom stereocenters. The number of nitrogens with one attached hydrogen (secondary N) is 2. The lowest BCUT2D eigenvalue weighted by Crippen LogP contribution is -2.31. The summed E-state index contributed by atoms with van der Waals surface area (Å²) in [7, 11) is -4.11. The van der Waals surface area contributed by atoms with Gasteiger partial charge in [-0.2, -0.15) is 18.3 Å². The van der Waals surface area contributed by atoms with Crippen LogP contribution in [-0.2, 0) is 22.6 Å². The smallest absolute Gasteiger partial charge is 0.282 e. The SMILES string of the molecule is CC(C)c1cc(C(F)(F)F)cc(S(=O)(=O)N[C@@H]2CCCc3[nH]ncc32)c1. The minimum atomic E-state index is -4.61. The molecule has 9 heteroatoms. The molecule has 26 heavy (non-hydrogen) atoms. The zero-order valence-corrected chi connectivity index (χ0v) is 15.2. The van der Waals surface area contributed by atoms with Gasteiger partial charge in [-0.1, -0.05) is 13.8 Å². The Labute approximate surface area is 150 Å². The zero-order chi connectivity index (χ0) is 19.1. The van der Waals surface area contributed by atoms with Crippen LogP contribution in [0, 0.1) is 0 Å². The molecule has 0 amide bonds. The van der Waals surface area contributed by atoms with E-state index in [1.807, 2.05) is 0 Å². The van der Waals surface area contributed by atoms with Crippen LogP contribution in [0.4, 0.5) is 13.2 Å². The largest absolute Gasteiger partial charge is 0.416 e. The molecule has 0 saturated carbocycles. The summed E-state index contributed by atoms with van der Waals surface area (Å²) in [4.78, 5) is -0.369. The van der Waals surface area contributed by atoms with Crippen molar-refractivity contribution in [3.05, 3.63) is 46.8 Å². The standard InChI is InChI=1S/C17H20F3N3O2S/c1-10(2)11-6-12(17(18,19)20)8-13(7-11)26(24,25)23-16-5-3-4-15-14(16)9-21-22-15/h6-10,16,23H,3-5H2,1-2H3,(H,21,22)/t16-/m1/s1. The van der Waals surface area contributed by atoms with E-state index in [9.17, 15) is 21.6 Å². The first-order valence-electron chi connectivity index (χ1n) is 8.34. The van der Waals surface area contributed by atoms with Gasteiger partial charge in [-0.15, -0.1) is 0 Å². The van der Waals surface area contributed by atoms with Crippen molar-refractivity contribution in [2.24, 2.45) is 0 Å². The third-order valence-corrected chi connectivity index (χ3v) is 6.03. The Kier molecular flexibility index (Phi) is 4.87. The molecule has 0 aliphatic heterocycles. The van der Waals surface area contributed by atoms with Gasteiger partial charge in [0.1, 0.15) is 0 Å². The van der Waals surface area contributed by atoms with E-state index < -0.39 is 27.8 Å². The van der Waals surface area contributed by atoms with Crippen molar-refractivity contribution in [3.63, 3.8) is 0 Å². The lowest BCUT2D eigenvalue weighted by atomic mass is 9.94. The minimum Gasteiger partial charge on any atom is -0.282 e. The fraction of sp³-hybridized carbons (Fsp3) is 0.471. The quantitative estimate of drug-likeness (QED) is 0.835. The fourth-order valence-electron chi connectivity index (χ4n) is 3.11. The van der Waals surface area contributed by atoms with Gasteiger partial charge in [0.15, 0.2) is 0 Å². The van der Waals surface area contributed by atoms with Gasteiger partial charge in [0.2, 0.25) is 10.0 Å². The van der Waals surface area contributed by atoms with E-state index in [0.717, 1.165) is 30.2 Å². The third kappa shape index (κ3) is 3.78. The number of fused-ring (bicyclic) bond motifs is 1. The highest BCUT2D eigenvalue weighted by molar-refractivity contribution is 7.89. The predicted molar refractivity (Wildman–Crippen MR) is 90.1 cm³/mol. The number of H-pyrrole nitrogens is 1. The van der Waals surface area contributed by atoms with Crippen molar-refractivity contribution in [2.45, 2.75) is 56.1 Å². The summed E-state index contributed by atoms with van der Waals surface area (Å²) in [5.41, 5.74) is 0.969. The van der Waals surface area contributed by atoms with Crippen LogP contribution >= 0.6 is 0 Å². The maximum absolute atomic E-state index is 13.2. The van der Waals surface area contributed by atoms with Crippen LogP contribution in [0.3, 0.4) is 0 Å². The molecular weight excluding hydrogens is 367 g/mol. The van der Waals surface area contributed by atoms with E-state index in [0.29, 0.717) is 18.1 Å². The molecule has 1 aromatic carbocycles. The Bertz CT molecular complexity index is 904. The Morgan fingerprint density at radius 2 is 2.00 bits per heavy atom. The van der Waals surface area contributed by atoms with Gasteiger partial charge in [-0.05, 0) is 48.9 Å². The van der Waals surface area contributed by atoms with E-state index >= 15 is 0 Å². The molecule has 1 aromatic heterocycles. The van der Waals surface area contributed by atoms with Crippen LogP contribution in [-0.4, -0.2) is 18.6 Å². The van der Waals surface area contributed by atoms with Gasteiger partial charge in [0.25, 0.3) is 0 Å². The Morgan fingerprint density at radius 1 is 1.27 bits per heavy atom. The lowest BCUT2D eigenvalue weighted by Gasteiger charge is -2.23. The molecule has 0 bridgehead atoms. The van der Waals surface area contributed by atoms with Crippen molar-refractivity contribution in [1.29, 1.82) is 0 Å². The van der Waals surface area contributed by atoms with E-state index in [4.69, 9.17) is 0 Å². The molecule has 0 saturated heterocycles. The molecule has 2 aromatic rings. The summed E-state index contributed by atoms with van der Waals surface area (Å²) in [6.45, 7) is 3.44. The van der Waals surface area contributed by atoms with E-state index in [1.165, 1.54) is 6.07 Å². The maximum Gasteiger partial charge on any atom is 0.416 e. The molecule has 0 radical (unpaired) electrons. The van der Waals surface area contributed by atoms with Crippen molar-refractivity contribution >= 4 is 10.0 Å². The van der Waals surface area contributed by atoms with Crippen molar-refractivity contribution in [2.75, 3.05) is 0 Å². The average molecular weight is 387 g/mol. The topological polar surface area (TPSA) is 74.8 Å². The van der Waals surface area contributed by atoms with E-state index in [1.54, 1.807) is 20.0 Å². The fourth-order valence-corrected chi connectivity index (χ4v) is 4.44. The average Bonchev–Trinajstić information content (AvgIpc) is 3.03. The molecule has 0 fully saturated rings. The van der Waals surface area contributed by atoms with E-state index in [-0.39, 0.29) is 10.8 Å². The Balaban J connectivity index is 1.99. The molecule has 142 valence electrons. The number of rotatable bonds is 4. The summed E-state index contributed by atoms with van der Waals surface area (Å²) >= 11 is 0. The number of benzene rings is 1. The molecule has 3 rings (SSSR count). The summed E-state index contributed by atoms with van der Waals surface area (Å²) < 4.78 is 67.7. The molecule has 0 spiro atoms. The monoisotopic (exact) mass is 387 g/mol. The Hall–Kier alpha value is -1.87. The van der Waals surface area contributed by atoms with Crippen molar-refractivity contribution < 1.29 is 21.6 Å². The number of hydrogen-bond acceptors (Lipinski definition) is 3. The number of aryl methyl sites for hydroxylation is 1. The second-order valence-electron chi connectivity index (χ2n) is 6.81. The molecule has 1 aliphatic carbocycles. The highest BCUT2D eigenvalue weighted by atomic mass is 32.2. The maximum atomic E-state index is 13.2. The first-order chi connectivity index (χ1) is 12.1. The normalized spacial score (nSPS) is 18.2. The second-order valence-corrected chi connectivity index (χ2v) is 8.53. The lowest BCUT2D eigenvalue weighted by molar-refractivity contribution is -0.137. The van der Waals surface area contributed by atoms with Crippen molar-refractivity contribution in [3.8, 4) is 0 Å². The molecule has 1 aliphatic rings. The number of sulfonamides is 1. The van der Waals surface area contributed by atoms with Crippen LogP contribution in [0.25, 0.3) is 0 Å². The first-order valence-corrected chi connectivity index (χ1v) is 9.83. The summed E-state index contributed by atoms with van der Waals surface area (Å²) in [5, 5.41) is 6.76. The minimum absolute atomic E-state index is 0.235. The first kappa shape index (κ1) is 18.9. The highest BCUT2D eigenvalue weighted by Gasteiger charge is 2.34. The third-order valence-electron chi connectivity index (χ3n) is 4.58. The summed E-state index contributed by atoms with van der Waals surface area (Å²) in [6, 6.07) is 2.49. The van der Waals surface area contributed by atoms with Crippen LogP contribution in [0.2, 0.25) is 0 Å². The van der Waals surface area contributed by atoms with Gasteiger partial charge >= 0.3 is 6.18 Å². The molecule has 2 N–H and O–H groups in total. The van der Waals surface area contributed by atoms with Crippen LogP contribution < -0.4 is 4.72 Å². The number of aromatic amines is 1. The summed E-state index contributed by atoms with van der Waals surface area (Å²) in [6.07, 6.45) is -0.941. The molecular formula is C17H20F3N3O2S. The van der Waals surface area contributed by atoms with E-state index in [2.05, 4.69) is 14.9 Å². The predicted octanol–water partition coefficient (Wildman–Crippen LogP) is 3.91. The zero-order valence-electron chi connectivity index (χ0n) is 14.4. The number of alkyl halides is 3. The highest BCUT2D eigenvalue weighted by Crippen LogP contribution is 2.34. The Morgan fingerprint density at radius 3 is 2.65 bits per heavy atom. The van der Waals surface area contributed by atoms with Gasteiger partial charge in [-0.3, -0.25) is 5.10 Å². The second kappa shape index (κ2) is 6.70. The van der Waals surface area contributed by atoms with Gasteiger partial charge < -0.3 is 0 Å². The van der Waals surface area contributed by atoms with Crippen LogP contribution in [0.5, 0.6) is 0 Å². The number of hydrogen-bond donors (Lipinski definition) is 2. The number of aromatic nitrogens is 2. The summed E-state index contributed by atoms with van der Waals surface area (Å²) in [5.74, 6) is -0.235. The number of halogens is 3. The van der Waals surface area contributed by atoms with Crippen molar-refractivity contribution in [1.82, 2.24) is 14.9 Å². The van der Waals surface area contributed by atoms with Crippen LogP contribution in [0.15, 0.2) is 29.3 Å². The molecule has 1 heterocycles. The molecule has 0 unspecified atom stereocenters. The molecule has 5 nitrogen and oxygen atoms in total. The number of nitrogens with zero attached hydrogens (tertiary/aromatic N) is 1. The van der Waals surface area contributed by atoms with Gasteiger partial charge in [0.05, 0.1) is 22.7 Å². The van der Waals surface area contributed by atoms with Gasteiger partial charge in [-0.25, -0.2) is 13.1 Å². The van der Waals surface area contributed by atoms with Crippen LogP contribution in [0.1, 0.15) is 61.0 Å².